The van der Waals surface area contributed by atoms with Gasteiger partial charge in [-0.05, 0) is 43.7 Å². The van der Waals surface area contributed by atoms with E-state index in [0.717, 1.165) is 35.9 Å². The van der Waals surface area contributed by atoms with Crippen LogP contribution in [0.3, 0.4) is 0 Å². The van der Waals surface area contributed by atoms with Gasteiger partial charge in [-0.15, -0.1) is 5.10 Å². The molecule has 2 aromatic rings. The molecule has 0 aliphatic carbocycles. The molecule has 1 saturated heterocycles. The monoisotopic (exact) mass is 326 g/mol. The minimum absolute atomic E-state index is 0.0196. The number of hydrogen-bond donors (Lipinski definition) is 0. The second kappa shape index (κ2) is 7.29. The third-order valence-electron chi connectivity index (χ3n) is 4.09. The van der Waals surface area contributed by atoms with Gasteiger partial charge in [0.2, 0.25) is 0 Å². The molecule has 1 aliphatic heterocycles. The minimum atomic E-state index is 0.0196. The first-order valence-corrected chi connectivity index (χ1v) is 8.14. The van der Waals surface area contributed by atoms with Crippen molar-refractivity contribution in [2.45, 2.75) is 13.8 Å². The lowest BCUT2D eigenvalue weighted by molar-refractivity contribution is -0.133. The topological polar surface area (TPSA) is 58.6 Å². The fourth-order valence-corrected chi connectivity index (χ4v) is 2.69. The zero-order valence-electron chi connectivity index (χ0n) is 14.1. The summed E-state index contributed by atoms with van der Waals surface area (Å²) in [5.74, 6) is 1.62. The highest BCUT2D eigenvalue weighted by Gasteiger charge is 2.22. The highest BCUT2D eigenvalue weighted by molar-refractivity contribution is 5.78. The van der Waals surface area contributed by atoms with Gasteiger partial charge in [0.25, 0.3) is 5.91 Å². The molecule has 2 heterocycles. The van der Waals surface area contributed by atoms with E-state index >= 15 is 0 Å². The molecule has 6 nitrogen and oxygen atoms in total. The first-order valence-electron chi connectivity index (χ1n) is 8.14. The van der Waals surface area contributed by atoms with E-state index in [4.69, 9.17) is 4.74 Å². The summed E-state index contributed by atoms with van der Waals surface area (Å²) in [7, 11) is 0. The van der Waals surface area contributed by atoms with Crippen molar-refractivity contribution in [3.63, 3.8) is 0 Å². The Morgan fingerprint density at radius 3 is 2.54 bits per heavy atom. The Balaban J connectivity index is 1.49. The Morgan fingerprint density at radius 2 is 1.88 bits per heavy atom. The van der Waals surface area contributed by atoms with E-state index in [9.17, 15) is 4.79 Å². The van der Waals surface area contributed by atoms with Gasteiger partial charge in [-0.1, -0.05) is 12.1 Å². The van der Waals surface area contributed by atoms with Crippen LogP contribution in [0.15, 0.2) is 36.4 Å². The number of hydrogen-bond acceptors (Lipinski definition) is 5. The van der Waals surface area contributed by atoms with Gasteiger partial charge in [0.1, 0.15) is 5.75 Å². The molecule has 1 aromatic carbocycles. The van der Waals surface area contributed by atoms with Gasteiger partial charge in [0, 0.05) is 26.2 Å². The molecule has 24 heavy (non-hydrogen) atoms. The minimum Gasteiger partial charge on any atom is -0.484 e. The van der Waals surface area contributed by atoms with Gasteiger partial charge in [0.05, 0.1) is 5.69 Å². The van der Waals surface area contributed by atoms with Gasteiger partial charge >= 0.3 is 0 Å². The number of benzene rings is 1. The summed E-state index contributed by atoms with van der Waals surface area (Å²) in [6.45, 7) is 6.86. The molecule has 3 rings (SSSR count). The fraction of sp³-hybridized carbons (Fsp3) is 0.389. The second-order valence-electron chi connectivity index (χ2n) is 6.01. The summed E-state index contributed by atoms with van der Waals surface area (Å²) in [5.41, 5.74) is 2.02. The maximum absolute atomic E-state index is 12.3. The molecule has 0 atom stereocenters. The van der Waals surface area contributed by atoms with E-state index in [-0.39, 0.29) is 12.5 Å². The molecule has 1 amide bonds. The highest BCUT2D eigenvalue weighted by Crippen LogP contribution is 2.14. The molecule has 0 bridgehead atoms. The number of ether oxygens (including phenoxy) is 1. The molecule has 0 N–H and O–H groups in total. The summed E-state index contributed by atoms with van der Waals surface area (Å²) < 4.78 is 5.60. The average molecular weight is 326 g/mol. The van der Waals surface area contributed by atoms with E-state index < -0.39 is 0 Å². The van der Waals surface area contributed by atoms with Gasteiger partial charge in [-0.2, -0.15) is 5.10 Å². The van der Waals surface area contributed by atoms with Crippen molar-refractivity contribution in [1.82, 2.24) is 15.1 Å². The zero-order chi connectivity index (χ0) is 16.9. The summed E-state index contributed by atoms with van der Waals surface area (Å²) in [4.78, 5) is 16.3. The summed E-state index contributed by atoms with van der Waals surface area (Å²) in [6, 6.07) is 11.7. The Labute approximate surface area is 142 Å². The average Bonchev–Trinajstić information content (AvgIpc) is 2.61. The van der Waals surface area contributed by atoms with Gasteiger partial charge in [0.15, 0.2) is 12.4 Å². The number of amides is 1. The van der Waals surface area contributed by atoms with Gasteiger partial charge < -0.3 is 14.5 Å². The smallest absolute Gasteiger partial charge is 0.260 e. The van der Waals surface area contributed by atoms with Crippen molar-refractivity contribution in [3.8, 4) is 5.75 Å². The predicted octanol–water partition coefficient (Wildman–Crippen LogP) is 1.82. The number of carbonyl (C=O) groups is 1. The molecule has 0 radical (unpaired) electrons. The molecule has 0 spiro atoms. The largest absolute Gasteiger partial charge is 0.484 e. The first-order chi connectivity index (χ1) is 11.6. The SMILES string of the molecule is Cc1cccc(OCC(=O)N2CCN(c3ccc(C)nn3)CC2)c1. The third-order valence-corrected chi connectivity index (χ3v) is 4.09. The lowest BCUT2D eigenvalue weighted by Crippen LogP contribution is -2.50. The van der Waals surface area contributed by atoms with Crippen molar-refractivity contribution < 1.29 is 9.53 Å². The number of aryl methyl sites for hydroxylation is 2. The number of rotatable bonds is 4. The number of aromatic nitrogens is 2. The Hall–Kier alpha value is -2.63. The standard InChI is InChI=1S/C18H22N4O2/c1-14-4-3-5-16(12-14)24-13-18(23)22-10-8-21(9-11-22)17-7-6-15(2)19-20-17/h3-7,12H,8-11,13H2,1-2H3. The normalized spacial score (nSPS) is 14.6. The van der Waals surface area contributed by atoms with Crippen LogP contribution in [-0.2, 0) is 4.79 Å². The number of carbonyl (C=O) groups excluding carboxylic acids is 1. The second-order valence-corrected chi connectivity index (χ2v) is 6.01. The van der Waals surface area contributed by atoms with Crippen molar-refractivity contribution in [2.24, 2.45) is 0 Å². The lowest BCUT2D eigenvalue weighted by atomic mass is 10.2. The van der Waals surface area contributed by atoms with Crippen LogP contribution in [0.5, 0.6) is 5.75 Å². The van der Waals surface area contributed by atoms with E-state index in [2.05, 4.69) is 15.1 Å². The van der Waals surface area contributed by atoms with E-state index in [1.54, 1.807) is 0 Å². The first kappa shape index (κ1) is 16.2. The Bertz CT molecular complexity index is 694. The lowest BCUT2D eigenvalue weighted by Gasteiger charge is -2.35. The van der Waals surface area contributed by atoms with Crippen molar-refractivity contribution in [1.29, 1.82) is 0 Å². The maximum atomic E-state index is 12.3. The van der Waals surface area contributed by atoms with Crippen LogP contribution in [0, 0.1) is 13.8 Å². The molecule has 0 unspecified atom stereocenters. The molecule has 126 valence electrons. The van der Waals surface area contributed by atoms with Gasteiger partial charge in [-0.25, -0.2) is 0 Å². The quantitative estimate of drug-likeness (QED) is 0.858. The van der Waals surface area contributed by atoms with E-state index in [1.165, 1.54) is 0 Å². The van der Waals surface area contributed by atoms with Crippen molar-refractivity contribution in [3.05, 3.63) is 47.7 Å². The maximum Gasteiger partial charge on any atom is 0.260 e. The molecular formula is C18H22N4O2. The van der Waals surface area contributed by atoms with Crippen LogP contribution >= 0.6 is 0 Å². The predicted molar refractivity (Wildman–Crippen MR) is 92.2 cm³/mol. The number of piperazine rings is 1. The van der Waals surface area contributed by atoms with Crippen LogP contribution < -0.4 is 9.64 Å². The van der Waals surface area contributed by atoms with Crippen LogP contribution in [0.25, 0.3) is 0 Å². The zero-order valence-corrected chi connectivity index (χ0v) is 14.1. The third kappa shape index (κ3) is 4.01. The molecule has 1 aliphatic rings. The van der Waals surface area contributed by atoms with Crippen LogP contribution in [0.2, 0.25) is 0 Å². The fourth-order valence-electron chi connectivity index (χ4n) is 2.69. The molecular weight excluding hydrogens is 304 g/mol. The highest BCUT2D eigenvalue weighted by atomic mass is 16.5. The van der Waals surface area contributed by atoms with Gasteiger partial charge in [-0.3, -0.25) is 4.79 Å². The van der Waals surface area contributed by atoms with Crippen LogP contribution in [-0.4, -0.2) is 53.8 Å². The van der Waals surface area contributed by atoms with Crippen molar-refractivity contribution in [2.75, 3.05) is 37.7 Å². The van der Waals surface area contributed by atoms with Crippen LogP contribution in [0.1, 0.15) is 11.3 Å². The van der Waals surface area contributed by atoms with Crippen molar-refractivity contribution >= 4 is 11.7 Å². The van der Waals surface area contributed by atoms with Crippen LogP contribution in [0.4, 0.5) is 5.82 Å². The summed E-state index contributed by atoms with van der Waals surface area (Å²) in [5, 5.41) is 8.29. The Morgan fingerprint density at radius 1 is 1.08 bits per heavy atom. The molecule has 0 saturated carbocycles. The number of nitrogens with zero attached hydrogens (tertiary/aromatic N) is 4. The molecule has 1 aromatic heterocycles. The number of anilines is 1. The van der Waals surface area contributed by atoms with E-state index in [0.29, 0.717) is 13.1 Å². The molecule has 6 heteroatoms. The summed E-state index contributed by atoms with van der Waals surface area (Å²) in [6.07, 6.45) is 0. The van der Waals surface area contributed by atoms with E-state index in [1.807, 2.05) is 55.1 Å². The summed E-state index contributed by atoms with van der Waals surface area (Å²) >= 11 is 0. The molecule has 1 fully saturated rings. The Kier molecular flexibility index (Phi) is 4.93.